The van der Waals surface area contributed by atoms with Crippen molar-refractivity contribution in [1.29, 1.82) is 0 Å². The topological polar surface area (TPSA) is 84.5 Å². The van der Waals surface area contributed by atoms with E-state index in [2.05, 4.69) is 26.0 Å². The summed E-state index contributed by atoms with van der Waals surface area (Å²) < 4.78 is 32.7. The van der Waals surface area contributed by atoms with Gasteiger partial charge in [-0.1, -0.05) is 28.1 Å². The molecule has 1 aliphatic heterocycles. The predicted octanol–water partition coefficient (Wildman–Crippen LogP) is 4.21. The van der Waals surface area contributed by atoms with Crippen LogP contribution in [0.15, 0.2) is 46.9 Å². The number of sulfonamides is 1. The second kappa shape index (κ2) is 8.85. The fraction of sp³-hybridized carbons (Fsp3) is 0.381. The largest absolute Gasteiger partial charge is 0.381 e. The molecule has 1 heterocycles. The molecule has 0 unspecified atom stereocenters. The van der Waals surface area contributed by atoms with E-state index in [0.717, 1.165) is 15.6 Å². The third kappa shape index (κ3) is 4.99. The Kier molecular flexibility index (Phi) is 6.65. The average molecular weight is 481 g/mol. The van der Waals surface area contributed by atoms with E-state index in [1.165, 1.54) is 0 Å². The Labute approximate surface area is 180 Å². The van der Waals surface area contributed by atoms with Crippen LogP contribution in [-0.4, -0.2) is 33.3 Å². The highest BCUT2D eigenvalue weighted by atomic mass is 79.9. The van der Waals surface area contributed by atoms with Crippen molar-refractivity contribution in [1.82, 2.24) is 0 Å². The number of carbonyl (C=O) groups is 1. The fourth-order valence-electron chi connectivity index (χ4n) is 3.48. The van der Waals surface area contributed by atoms with Gasteiger partial charge in [-0.3, -0.25) is 9.52 Å². The molecule has 8 heteroatoms. The lowest BCUT2D eigenvalue weighted by Gasteiger charge is -2.36. The molecule has 2 aromatic rings. The first-order chi connectivity index (χ1) is 13.8. The van der Waals surface area contributed by atoms with Crippen molar-refractivity contribution in [2.75, 3.05) is 29.0 Å². The van der Waals surface area contributed by atoms with E-state index in [4.69, 9.17) is 4.74 Å². The molecule has 156 valence electrons. The molecule has 29 heavy (non-hydrogen) atoms. The number of aryl methyl sites for hydroxylation is 1. The first-order valence-electron chi connectivity index (χ1n) is 9.52. The lowest BCUT2D eigenvalue weighted by Crippen LogP contribution is -2.44. The number of hydrogen-bond acceptors (Lipinski definition) is 4. The Bertz CT molecular complexity index is 984. The Morgan fingerprint density at radius 3 is 2.38 bits per heavy atom. The van der Waals surface area contributed by atoms with Crippen molar-refractivity contribution in [3.8, 4) is 0 Å². The van der Waals surface area contributed by atoms with Gasteiger partial charge in [-0.25, -0.2) is 8.42 Å². The summed E-state index contributed by atoms with van der Waals surface area (Å²) in [6.07, 6.45) is 1.21. The lowest BCUT2D eigenvalue weighted by molar-refractivity contribution is -0.125. The molecule has 2 aromatic carbocycles. The SMILES string of the molecule is CCS(=O)(=O)Nc1ccc(NC(=O)C2(c3ccc(Br)cc3)CCOCC2)cc1C. The Morgan fingerprint density at radius 2 is 1.79 bits per heavy atom. The van der Waals surface area contributed by atoms with Gasteiger partial charge in [-0.2, -0.15) is 0 Å². The molecule has 0 atom stereocenters. The Balaban J connectivity index is 1.85. The van der Waals surface area contributed by atoms with Gasteiger partial charge >= 0.3 is 0 Å². The van der Waals surface area contributed by atoms with E-state index in [0.29, 0.717) is 37.4 Å². The van der Waals surface area contributed by atoms with Gasteiger partial charge in [0.05, 0.1) is 16.9 Å². The standard InChI is InChI=1S/C21H25BrN2O4S/c1-3-29(26,27)24-19-9-8-18(14-15(19)2)23-20(25)21(10-12-28-13-11-21)16-4-6-17(22)7-5-16/h4-9,14,24H,3,10-13H2,1-2H3,(H,23,25). The Morgan fingerprint density at radius 1 is 1.14 bits per heavy atom. The minimum atomic E-state index is -3.35. The van der Waals surface area contributed by atoms with E-state index >= 15 is 0 Å². The number of benzene rings is 2. The molecule has 0 radical (unpaired) electrons. The minimum absolute atomic E-state index is 0.00269. The van der Waals surface area contributed by atoms with Crippen LogP contribution in [0.2, 0.25) is 0 Å². The molecule has 1 saturated heterocycles. The monoisotopic (exact) mass is 480 g/mol. The lowest BCUT2D eigenvalue weighted by atomic mass is 9.73. The zero-order valence-corrected chi connectivity index (χ0v) is 18.9. The van der Waals surface area contributed by atoms with Crippen molar-refractivity contribution >= 4 is 43.2 Å². The van der Waals surface area contributed by atoms with Gasteiger partial charge in [-0.05, 0) is 68.1 Å². The summed E-state index contributed by atoms with van der Waals surface area (Å²) in [5, 5.41) is 3.03. The third-order valence-electron chi connectivity index (χ3n) is 5.31. The third-order valence-corrected chi connectivity index (χ3v) is 7.13. The predicted molar refractivity (Wildman–Crippen MR) is 119 cm³/mol. The first-order valence-corrected chi connectivity index (χ1v) is 12.0. The normalized spacial score (nSPS) is 16.2. The van der Waals surface area contributed by atoms with Crippen LogP contribution in [0.5, 0.6) is 0 Å². The van der Waals surface area contributed by atoms with E-state index in [-0.39, 0.29) is 11.7 Å². The number of rotatable bonds is 6. The molecule has 1 amide bonds. The highest BCUT2D eigenvalue weighted by Crippen LogP contribution is 2.37. The van der Waals surface area contributed by atoms with Crippen molar-refractivity contribution in [3.63, 3.8) is 0 Å². The minimum Gasteiger partial charge on any atom is -0.381 e. The second-order valence-corrected chi connectivity index (χ2v) is 10.1. The van der Waals surface area contributed by atoms with E-state index < -0.39 is 15.4 Å². The number of halogens is 1. The van der Waals surface area contributed by atoms with Crippen LogP contribution in [0, 0.1) is 6.92 Å². The van der Waals surface area contributed by atoms with Gasteiger partial charge in [0, 0.05) is 23.4 Å². The second-order valence-electron chi connectivity index (χ2n) is 7.19. The van der Waals surface area contributed by atoms with Gasteiger partial charge in [0.2, 0.25) is 15.9 Å². The van der Waals surface area contributed by atoms with Crippen LogP contribution in [0.3, 0.4) is 0 Å². The zero-order chi connectivity index (χ0) is 21.1. The van der Waals surface area contributed by atoms with Crippen molar-refractivity contribution in [3.05, 3.63) is 58.1 Å². The molecule has 1 aliphatic rings. The van der Waals surface area contributed by atoms with E-state index in [1.54, 1.807) is 25.1 Å². The maximum Gasteiger partial charge on any atom is 0.235 e. The molecule has 2 N–H and O–H groups in total. The highest BCUT2D eigenvalue weighted by molar-refractivity contribution is 9.10. The number of nitrogens with one attached hydrogen (secondary N) is 2. The maximum absolute atomic E-state index is 13.4. The van der Waals surface area contributed by atoms with Gasteiger partial charge in [0.25, 0.3) is 0 Å². The number of carbonyl (C=O) groups excluding carboxylic acids is 1. The summed E-state index contributed by atoms with van der Waals surface area (Å²) in [6.45, 7) is 4.45. The summed E-state index contributed by atoms with van der Waals surface area (Å²) in [5.41, 5.74) is 2.19. The van der Waals surface area contributed by atoms with Crippen LogP contribution in [0.4, 0.5) is 11.4 Å². The highest BCUT2D eigenvalue weighted by Gasteiger charge is 2.41. The van der Waals surface area contributed by atoms with Crippen molar-refractivity contribution < 1.29 is 17.9 Å². The molecule has 0 spiro atoms. The molecule has 0 bridgehead atoms. The van der Waals surface area contributed by atoms with Gasteiger partial charge in [0.15, 0.2) is 0 Å². The average Bonchev–Trinajstić information content (AvgIpc) is 2.71. The van der Waals surface area contributed by atoms with Crippen molar-refractivity contribution in [2.45, 2.75) is 32.1 Å². The number of hydrogen-bond donors (Lipinski definition) is 2. The maximum atomic E-state index is 13.4. The summed E-state index contributed by atoms with van der Waals surface area (Å²) in [6, 6.07) is 13.0. The number of anilines is 2. The summed E-state index contributed by atoms with van der Waals surface area (Å²) in [7, 11) is -3.35. The van der Waals surface area contributed by atoms with Gasteiger partial charge in [0.1, 0.15) is 0 Å². The Hall–Kier alpha value is -1.90. The van der Waals surface area contributed by atoms with Crippen LogP contribution in [-0.2, 0) is 25.0 Å². The quantitative estimate of drug-likeness (QED) is 0.648. The van der Waals surface area contributed by atoms with E-state index in [9.17, 15) is 13.2 Å². The van der Waals surface area contributed by atoms with Crippen LogP contribution < -0.4 is 10.0 Å². The molecule has 6 nitrogen and oxygen atoms in total. The smallest absolute Gasteiger partial charge is 0.235 e. The molecule has 0 aromatic heterocycles. The molecular formula is C21H25BrN2O4S. The van der Waals surface area contributed by atoms with Gasteiger partial charge in [-0.15, -0.1) is 0 Å². The van der Waals surface area contributed by atoms with Crippen LogP contribution in [0.1, 0.15) is 30.9 Å². The summed E-state index contributed by atoms with van der Waals surface area (Å²) in [5.74, 6) is -0.0766. The molecule has 0 aliphatic carbocycles. The summed E-state index contributed by atoms with van der Waals surface area (Å²) >= 11 is 3.44. The van der Waals surface area contributed by atoms with Crippen molar-refractivity contribution in [2.24, 2.45) is 0 Å². The number of ether oxygens (including phenoxy) is 1. The molecular weight excluding hydrogens is 456 g/mol. The molecule has 3 rings (SSSR count). The van der Waals surface area contributed by atoms with Crippen LogP contribution >= 0.6 is 15.9 Å². The first kappa shape index (κ1) is 21.8. The van der Waals surface area contributed by atoms with Gasteiger partial charge < -0.3 is 10.1 Å². The zero-order valence-electron chi connectivity index (χ0n) is 16.5. The number of amides is 1. The molecule has 0 saturated carbocycles. The summed E-state index contributed by atoms with van der Waals surface area (Å²) in [4.78, 5) is 13.4. The van der Waals surface area contributed by atoms with E-state index in [1.807, 2.05) is 31.2 Å². The van der Waals surface area contributed by atoms with Crippen LogP contribution in [0.25, 0.3) is 0 Å². The molecule has 1 fully saturated rings. The fourth-order valence-corrected chi connectivity index (χ4v) is 4.45.